The Morgan fingerprint density at radius 1 is 1.00 bits per heavy atom. The van der Waals surface area contributed by atoms with Gasteiger partial charge in [-0.05, 0) is 37.6 Å². The lowest BCUT2D eigenvalue weighted by Crippen LogP contribution is -2.54. The summed E-state index contributed by atoms with van der Waals surface area (Å²) in [6.07, 6.45) is -2.52. The van der Waals surface area contributed by atoms with E-state index in [0.29, 0.717) is 37.0 Å². The van der Waals surface area contributed by atoms with Crippen molar-refractivity contribution in [1.29, 1.82) is 0 Å². The van der Waals surface area contributed by atoms with E-state index in [-0.39, 0.29) is 34.9 Å². The number of aromatic nitrogens is 1. The van der Waals surface area contributed by atoms with E-state index in [0.717, 1.165) is 12.7 Å². The molecule has 2 heterocycles. The number of ether oxygens (including phenoxy) is 1. The van der Waals surface area contributed by atoms with Gasteiger partial charge in [-0.2, -0.15) is 13.2 Å². The highest BCUT2D eigenvalue weighted by Gasteiger charge is 2.59. The molecule has 3 aromatic carbocycles. The van der Waals surface area contributed by atoms with Gasteiger partial charge < -0.3 is 9.30 Å². The van der Waals surface area contributed by atoms with Crippen LogP contribution < -0.4 is 0 Å². The molecule has 1 fully saturated rings. The number of benzene rings is 3. The number of methoxy groups -OCH3 is 1. The number of halogens is 3. The number of ketones is 1. The Bertz CT molecular complexity index is 1530. The smallest absolute Gasteiger partial charge is 0.363 e. The zero-order chi connectivity index (χ0) is 29.2. The molecule has 0 spiro atoms. The fourth-order valence-electron chi connectivity index (χ4n) is 5.75. The molecule has 1 saturated heterocycles. The molecule has 0 bridgehead atoms. The molecule has 0 aliphatic carbocycles. The number of hydrogen-bond acceptors (Lipinski definition) is 5. The fourth-order valence-corrected chi connectivity index (χ4v) is 5.75. The second-order valence-electron chi connectivity index (χ2n) is 10.4. The van der Waals surface area contributed by atoms with Crippen molar-refractivity contribution in [2.24, 2.45) is 5.92 Å². The molecule has 0 saturated carbocycles. The molecule has 1 unspecified atom stereocenters. The van der Waals surface area contributed by atoms with Crippen molar-refractivity contribution < 1.29 is 27.6 Å². The van der Waals surface area contributed by atoms with Crippen molar-refractivity contribution in [2.45, 2.75) is 31.2 Å². The molecule has 41 heavy (non-hydrogen) atoms. The number of non-ortho nitro benzene ring substituents is 1. The van der Waals surface area contributed by atoms with Crippen LogP contribution >= 0.6 is 0 Å². The molecule has 1 atom stereocenters. The van der Waals surface area contributed by atoms with E-state index in [4.69, 9.17) is 4.74 Å². The van der Waals surface area contributed by atoms with Crippen LogP contribution in [0.15, 0.2) is 85.1 Å². The van der Waals surface area contributed by atoms with E-state index >= 15 is 13.2 Å². The summed E-state index contributed by atoms with van der Waals surface area (Å²) in [4.78, 5) is 25.6. The average Bonchev–Trinajstić information content (AvgIpc) is 3.33. The molecule has 1 aliphatic heterocycles. The van der Waals surface area contributed by atoms with Gasteiger partial charge in [0.2, 0.25) is 5.60 Å². The number of nitrogens with zero attached hydrogens (tertiary/aromatic N) is 3. The lowest BCUT2D eigenvalue weighted by atomic mass is 9.86. The van der Waals surface area contributed by atoms with Crippen LogP contribution in [0, 0.1) is 16.0 Å². The van der Waals surface area contributed by atoms with Gasteiger partial charge in [0.05, 0.1) is 10.4 Å². The van der Waals surface area contributed by atoms with E-state index in [2.05, 4.69) is 0 Å². The number of piperidine rings is 1. The third kappa shape index (κ3) is 5.62. The quantitative estimate of drug-likeness (QED) is 0.130. The second kappa shape index (κ2) is 11.5. The normalized spacial score (nSPS) is 16.5. The third-order valence-corrected chi connectivity index (χ3v) is 7.98. The van der Waals surface area contributed by atoms with E-state index in [1.807, 2.05) is 36.4 Å². The van der Waals surface area contributed by atoms with Crippen LogP contribution in [0.2, 0.25) is 0 Å². The number of alkyl halides is 3. The van der Waals surface area contributed by atoms with Gasteiger partial charge in [-0.3, -0.25) is 19.8 Å². The maximum absolute atomic E-state index is 15.1. The van der Waals surface area contributed by atoms with Crippen molar-refractivity contribution in [1.82, 2.24) is 9.47 Å². The van der Waals surface area contributed by atoms with Crippen molar-refractivity contribution in [3.8, 4) is 0 Å². The molecule has 7 nitrogen and oxygen atoms in total. The summed E-state index contributed by atoms with van der Waals surface area (Å²) < 4.78 is 52.3. The fraction of sp³-hybridized carbons (Fsp3) is 0.323. The summed E-state index contributed by atoms with van der Waals surface area (Å²) in [6.45, 7) is 0.362. The van der Waals surface area contributed by atoms with Gasteiger partial charge >= 0.3 is 6.18 Å². The van der Waals surface area contributed by atoms with Gasteiger partial charge in [0, 0.05) is 61.0 Å². The molecule has 0 N–H and O–H groups in total. The molecular formula is C31H30F3N3O4. The minimum atomic E-state index is -4.80. The Balaban J connectivity index is 1.49. The number of nitro benzene ring substituents is 1. The Kier molecular flexibility index (Phi) is 7.97. The van der Waals surface area contributed by atoms with Crippen LogP contribution in [0.1, 0.15) is 34.3 Å². The van der Waals surface area contributed by atoms with Gasteiger partial charge in [0.15, 0.2) is 5.78 Å². The van der Waals surface area contributed by atoms with Gasteiger partial charge in [0.1, 0.15) is 0 Å². The first-order valence-corrected chi connectivity index (χ1v) is 13.4. The zero-order valence-electron chi connectivity index (χ0n) is 22.5. The van der Waals surface area contributed by atoms with Gasteiger partial charge in [-0.1, -0.05) is 60.7 Å². The number of hydrogen-bond donors (Lipinski definition) is 0. The molecule has 10 heteroatoms. The number of carbonyl (C=O) groups excluding carboxylic acids is 1. The molecule has 1 aromatic heterocycles. The number of Topliss-reactive ketones (excluding diaryl/α,β-unsaturated/α-hetero) is 1. The minimum Gasteiger partial charge on any atom is -0.363 e. The van der Waals surface area contributed by atoms with Crippen LogP contribution in [0.25, 0.3) is 10.9 Å². The van der Waals surface area contributed by atoms with Crippen LogP contribution in [-0.4, -0.2) is 53.1 Å². The standard InChI is InChI=1S/C31H30F3N3O4/c1-41-30(31(32,33)34,21-35-16-14-24(15-17-35)29(38)23-10-6-3-7-11-23)27-20-36(19-22-8-4-2-5-9-22)28-18-25(37(39)40)12-13-26(27)28/h2-13,18,20,24H,14-17,19,21H2,1H3. The summed E-state index contributed by atoms with van der Waals surface area (Å²) >= 11 is 0. The highest BCUT2D eigenvalue weighted by Crippen LogP contribution is 2.46. The summed E-state index contributed by atoms with van der Waals surface area (Å²) in [5, 5.41) is 11.8. The SMILES string of the molecule is COC(CN1CCC(C(=O)c2ccccc2)CC1)(c1cn(Cc2ccccc2)c2cc([N+](=O)[O-])ccc12)C(F)(F)F. The van der Waals surface area contributed by atoms with Crippen LogP contribution in [-0.2, 0) is 16.9 Å². The maximum atomic E-state index is 15.1. The Hall–Kier alpha value is -4.02. The monoisotopic (exact) mass is 565 g/mol. The summed E-state index contributed by atoms with van der Waals surface area (Å²) in [5.41, 5.74) is -1.25. The van der Waals surface area contributed by atoms with Crippen molar-refractivity contribution >= 4 is 22.4 Å². The minimum absolute atomic E-state index is 0.00431. The Labute approximate surface area is 235 Å². The number of fused-ring (bicyclic) bond motifs is 1. The van der Waals surface area contributed by atoms with Crippen LogP contribution in [0.4, 0.5) is 18.9 Å². The van der Waals surface area contributed by atoms with Crippen molar-refractivity contribution in [3.63, 3.8) is 0 Å². The largest absolute Gasteiger partial charge is 0.423 e. The summed E-state index contributed by atoms with van der Waals surface area (Å²) in [7, 11) is 1.05. The topological polar surface area (TPSA) is 77.6 Å². The van der Waals surface area contributed by atoms with Gasteiger partial charge in [-0.15, -0.1) is 0 Å². The summed E-state index contributed by atoms with van der Waals surface area (Å²) in [5.74, 6) is -0.255. The Morgan fingerprint density at radius 2 is 1.63 bits per heavy atom. The Morgan fingerprint density at radius 3 is 2.22 bits per heavy atom. The number of likely N-dealkylation sites (tertiary alicyclic amines) is 1. The molecule has 0 amide bonds. The van der Waals surface area contributed by atoms with Gasteiger partial charge in [-0.25, -0.2) is 0 Å². The average molecular weight is 566 g/mol. The molecular weight excluding hydrogens is 535 g/mol. The first-order valence-electron chi connectivity index (χ1n) is 13.4. The predicted molar refractivity (Wildman–Crippen MR) is 149 cm³/mol. The number of rotatable bonds is 9. The predicted octanol–water partition coefficient (Wildman–Crippen LogP) is 6.60. The van der Waals surface area contributed by atoms with E-state index in [9.17, 15) is 14.9 Å². The number of carbonyl (C=O) groups is 1. The molecule has 214 valence electrons. The van der Waals surface area contributed by atoms with E-state index < -0.39 is 23.2 Å². The van der Waals surface area contributed by atoms with Crippen LogP contribution in [0.3, 0.4) is 0 Å². The molecule has 5 rings (SSSR count). The molecule has 0 radical (unpaired) electrons. The third-order valence-electron chi connectivity index (χ3n) is 7.98. The van der Waals surface area contributed by atoms with E-state index in [1.54, 1.807) is 33.7 Å². The highest BCUT2D eigenvalue weighted by molar-refractivity contribution is 5.97. The van der Waals surface area contributed by atoms with Crippen molar-refractivity contribution in [2.75, 3.05) is 26.7 Å². The first kappa shape index (κ1) is 28.5. The van der Waals surface area contributed by atoms with Crippen molar-refractivity contribution in [3.05, 3.63) is 112 Å². The zero-order valence-corrected chi connectivity index (χ0v) is 22.5. The van der Waals surface area contributed by atoms with Gasteiger partial charge in [0.25, 0.3) is 5.69 Å². The lowest BCUT2D eigenvalue weighted by Gasteiger charge is -2.41. The first-order chi connectivity index (χ1) is 19.6. The molecule has 4 aromatic rings. The number of nitro groups is 1. The van der Waals surface area contributed by atoms with E-state index in [1.165, 1.54) is 24.4 Å². The van der Waals surface area contributed by atoms with Crippen LogP contribution in [0.5, 0.6) is 0 Å². The maximum Gasteiger partial charge on any atom is 0.423 e. The highest BCUT2D eigenvalue weighted by atomic mass is 19.4. The summed E-state index contributed by atoms with van der Waals surface area (Å²) in [6, 6.07) is 22.0. The second-order valence-corrected chi connectivity index (χ2v) is 10.4. The lowest BCUT2D eigenvalue weighted by molar-refractivity contribution is -0.384. The molecule has 1 aliphatic rings.